The molecule has 0 aliphatic carbocycles. The van der Waals surface area contributed by atoms with Gasteiger partial charge in [-0.25, -0.2) is 0 Å². The molecule has 1 aliphatic heterocycles. The van der Waals surface area contributed by atoms with E-state index in [-0.39, 0.29) is 31.3 Å². The smallest absolute Gasteiger partial charge is 0.397 e. The van der Waals surface area contributed by atoms with Gasteiger partial charge in [0.25, 0.3) is 0 Å². The molecule has 1 heterocycles. The molecule has 2 aromatic rings. The minimum absolute atomic E-state index is 0.00299. The summed E-state index contributed by atoms with van der Waals surface area (Å²) in [4.78, 5) is 14.9. The van der Waals surface area contributed by atoms with Crippen molar-refractivity contribution in [3.63, 3.8) is 0 Å². The quantitative estimate of drug-likeness (QED) is 0.215. The number of aliphatic hydroxyl groups is 1. The van der Waals surface area contributed by atoms with E-state index >= 15 is 0 Å². The minimum Gasteiger partial charge on any atom is -0.397 e. The number of rotatable bonds is 6. The van der Waals surface area contributed by atoms with Crippen molar-refractivity contribution in [3.8, 4) is 0 Å². The van der Waals surface area contributed by atoms with Gasteiger partial charge in [0.2, 0.25) is 5.91 Å². The largest absolute Gasteiger partial charge is 0.416 e. The summed E-state index contributed by atoms with van der Waals surface area (Å²) >= 11 is 0. The Morgan fingerprint density at radius 2 is 1.67 bits per heavy atom. The van der Waals surface area contributed by atoms with Gasteiger partial charge in [-0.3, -0.25) is 4.79 Å². The number of nitrogens with one attached hydrogen (secondary N) is 1. The van der Waals surface area contributed by atoms with Crippen molar-refractivity contribution in [2.45, 2.75) is 50.3 Å². The lowest BCUT2D eigenvalue weighted by atomic mass is 9.88. The molecule has 2 aromatic carbocycles. The van der Waals surface area contributed by atoms with Crippen LogP contribution in [0.2, 0.25) is 0 Å². The summed E-state index contributed by atoms with van der Waals surface area (Å²) in [5.41, 5.74) is 4.89. The zero-order valence-electron chi connectivity index (χ0n) is 19.3. The number of azide groups is 1. The average molecular weight is 518 g/mol. The van der Waals surface area contributed by atoms with Crippen LogP contribution in [0.15, 0.2) is 53.6 Å². The molecule has 1 unspecified atom stereocenters. The SMILES string of the molecule is CCO.C[C@@H](OC[C@@]1(c2ccccc2)CC(N=[N+]=[N-])C(=O)N1)c1cc(C(F)(F)F)cc(C(F)(F)F)c1. The molecule has 2 N–H and O–H groups in total. The van der Waals surface area contributed by atoms with Crippen LogP contribution in [0.3, 0.4) is 0 Å². The summed E-state index contributed by atoms with van der Waals surface area (Å²) in [6, 6.07) is 8.67. The highest BCUT2D eigenvalue weighted by atomic mass is 19.4. The topological polar surface area (TPSA) is 107 Å². The molecule has 36 heavy (non-hydrogen) atoms. The maximum Gasteiger partial charge on any atom is 0.416 e. The summed E-state index contributed by atoms with van der Waals surface area (Å²) in [7, 11) is 0. The van der Waals surface area contributed by atoms with E-state index in [4.69, 9.17) is 15.4 Å². The van der Waals surface area contributed by atoms with Crippen LogP contribution in [0, 0.1) is 0 Å². The fourth-order valence-electron chi connectivity index (χ4n) is 3.65. The van der Waals surface area contributed by atoms with E-state index in [0.29, 0.717) is 17.7 Å². The molecule has 3 atom stereocenters. The maximum atomic E-state index is 13.2. The maximum absolute atomic E-state index is 13.2. The molecule has 1 fully saturated rings. The van der Waals surface area contributed by atoms with Crippen molar-refractivity contribution in [1.82, 2.24) is 5.32 Å². The van der Waals surface area contributed by atoms with Crippen LogP contribution in [0.5, 0.6) is 0 Å². The van der Waals surface area contributed by atoms with Crippen molar-refractivity contribution >= 4 is 5.91 Å². The second-order valence-electron chi connectivity index (χ2n) is 7.97. The van der Waals surface area contributed by atoms with Crippen molar-refractivity contribution < 1.29 is 41.0 Å². The van der Waals surface area contributed by atoms with E-state index in [2.05, 4.69) is 15.3 Å². The number of amides is 1. The van der Waals surface area contributed by atoms with Gasteiger partial charge in [-0.1, -0.05) is 35.4 Å². The molecular formula is C23H24F6N4O3. The monoisotopic (exact) mass is 518 g/mol. The summed E-state index contributed by atoms with van der Waals surface area (Å²) in [6.07, 6.45) is -11.1. The van der Waals surface area contributed by atoms with E-state index in [9.17, 15) is 31.1 Å². The van der Waals surface area contributed by atoms with Crippen LogP contribution < -0.4 is 5.32 Å². The molecule has 0 spiro atoms. The lowest BCUT2D eigenvalue weighted by molar-refractivity contribution is -0.143. The molecule has 13 heteroatoms. The zero-order chi connectivity index (χ0) is 27.1. The van der Waals surface area contributed by atoms with Gasteiger partial charge in [0.15, 0.2) is 0 Å². The Hall–Kier alpha value is -3.28. The Kier molecular flexibility index (Phi) is 9.36. The van der Waals surface area contributed by atoms with E-state index in [0.717, 1.165) is 0 Å². The predicted octanol–water partition coefficient (Wildman–Crippen LogP) is 5.89. The number of carbonyl (C=O) groups excluding carboxylic acids is 1. The number of nitrogens with zero attached hydrogens (tertiary/aromatic N) is 3. The summed E-state index contributed by atoms with van der Waals surface area (Å²) in [6.45, 7) is 2.97. The van der Waals surface area contributed by atoms with Gasteiger partial charge in [0.1, 0.15) is 6.04 Å². The summed E-state index contributed by atoms with van der Waals surface area (Å²) < 4.78 is 84.8. The molecule has 196 valence electrons. The van der Waals surface area contributed by atoms with Crippen LogP contribution in [-0.4, -0.2) is 30.3 Å². The number of benzene rings is 2. The molecule has 0 aromatic heterocycles. The lowest BCUT2D eigenvalue weighted by Crippen LogP contribution is -2.43. The molecule has 0 radical (unpaired) electrons. The Morgan fingerprint density at radius 3 is 2.14 bits per heavy atom. The molecule has 1 saturated heterocycles. The van der Waals surface area contributed by atoms with Crippen LogP contribution >= 0.6 is 0 Å². The molecule has 0 saturated carbocycles. The molecule has 7 nitrogen and oxygen atoms in total. The second-order valence-corrected chi connectivity index (χ2v) is 7.97. The third kappa shape index (κ3) is 7.12. The molecule has 3 rings (SSSR count). The molecule has 0 bridgehead atoms. The highest BCUT2D eigenvalue weighted by molar-refractivity contribution is 5.85. The van der Waals surface area contributed by atoms with Crippen LogP contribution in [0.25, 0.3) is 10.4 Å². The van der Waals surface area contributed by atoms with Gasteiger partial charge >= 0.3 is 12.4 Å². The highest BCUT2D eigenvalue weighted by Gasteiger charge is 2.46. The fraction of sp³-hybridized carbons (Fsp3) is 0.435. The van der Waals surface area contributed by atoms with Crippen LogP contribution in [0.4, 0.5) is 26.3 Å². The average Bonchev–Trinajstić information content (AvgIpc) is 3.14. The number of aliphatic hydroxyl groups excluding tert-OH is 1. The lowest BCUT2D eigenvalue weighted by Gasteiger charge is -2.31. The first kappa shape index (κ1) is 29.0. The van der Waals surface area contributed by atoms with E-state index in [1.165, 1.54) is 6.92 Å². The van der Waals surface area contributed by atoms with Crippen LogP contribution in [-0.2, 0) is 27.4 Å². The van der Waals surface area contributed by atoms with Crippen LogP contribution in [0.1, 0.15) is 48.6 Å². The normalized spacial score (nSPS) is 20.6. The summed E-state index contributed by atoms with van der Waals surface area (Å²) in [5.74, 6) is -0.564. The van der Waals surface area contributed by atoms with Crippen molar-refractivity contribution in [3.05, 3.63) is 81.2 Å². The predicted molar refractivity (Wildman–Crippen MR) is 117 cm³/mol. The Labute approximate surface area is 202 Å². The van der Waals surface area contributed by atoms with Gasteiger partial charge in [-0.05, 0) is 55.1 Å². The Balaban J connectivity index is 0.00000145. The number of hydrogen-bond acceptors (Lipinski definition) is 4. The molecule has 1 aliphatic rings. The highest BCUT2D eigenvalue weighted by Crippen LogP contribution is 2.39. The van der Waals surface area contributed by atoms with Gasteiger partial charge in [-0.15, -0.1) is 0 Å². The third-order valence-electron chi connectivity index (χ3n) is 5.38. The number of ether oxygens (including phenoxy) is 1. The second kappa shape index (κ2) is 11.6. The fourth-order valence-corrected chi connectivity index (χ4v) is 3.65. The van der Waals surface area contributed by atoms with E-state index in [1.54, 1.807) is 37.3 Å². The van der Waals surface area contributed by atoms with Gasteiger partial charge < -0.3 is 15.2 Å². The van der Waals surface area contributed by atoms with E-state index in [1.807, 2.05) is 0 Å². The molecular weight excluding hydrogens is 494 g/mol. The molecule has 1 amide bonds. The number of halogens is 6. The minimum atomic E-state index is -4.98. The zero-order valence-corrected chi connectivity index (χ0v) is 19.3. The first-order valence-electron chi connectivity index (χ1n) is 10.7. The first-order chi connectivity index (χ1) is 16.8. The van der Waals surface area contributed by atoms with Gasteiger partial charge in [0, 0.05) is 11.5 Å². The van der Waals surface area contributed by atoms with Crippen molar-refractivity contribution in [2.75, 3.05) is 13.2 Å². The number of alkyl halides is 6. The number of hydrogen-bond donors (Lipinski definition) is 2. The summed E-state index contributed by atoms with van der Waals surface area (Å²) in [5, 5.41) is 13.7. The van der Waals surface area contributed by atoms with Crippen molar-refractivity contribution in [2.24, 2.45) is 5.11 Å². The number of carbonyl (C=O) groups is 1. The van der Waals surface area contributed by atoms with Gasteiger partial charge in [0.05, 0.1) is 29.4 Å². The third-order valence-corrected chi connectivity index (χ3v) is 5.38. The van der Waals surface area contributed by atoms with E-state index < -0.39 is 47.1 Å². The first-order valence-corrected chi connectivity index (χ1v) is 10.7. The standard InChI is InChI=1S/C21H18F6N4O2.C2H6O/c1-12(13-7-15(20(22,23)24)9-16(8-13)21(25,26)27)33-11-19(14-5-3-2-4-6-14)10-17(30-31-28)18(32)29-19;1-2-3/h2-9,12,17H,10-11H2,1H3,(H,29,32);3H,2H2,1H3/t12-,17?,19-;/m1./s1. The Bertz CT molecular complexity index is 1060. The van der Waals surface area contributed by atoms with Crippen molar-refractivity contribution in [1.29, 1.82) is 0 Å². The van der Waals surface area contributed by atoms with Gasteiger partial charge in [-0.2, -0.15) is 26.3 Å². The Morgan fingerprint density at radius 1 is 1.14 bits per heavy atom.